The predicted octanol–water partition coefficient (Wildman–Crippen LogP) is 4.20. The lowest BCUT2D eigenvalue weighted by Crippen LogP contribution is -2.55. The number of amides is 4. The topological polar surface area (TPSA) is 90.5 Å². The van der Waals surface area contributed by atoms with Crippen LogP contribution in [0.1, 0.15) is 49.5 Å². The number of urea groups is 1. The highest BCUT2D eigenvalue weighted by molar-refractivity contribution is 5.97. The van der Waals surface area contributed by atoms with Crippen LogP contribution >= 0.6 is 0 Å². The highest BCUT2D eigenvalue weighted by atomic mass is 16.2. The third-order valence-electron chi connectivity index (χ3n) is 6.58. The van der Waals surface area contributed by atoms with E-state index in [1.54, 1.807) is 29.2 Å². The summed E-state index contributed by atoms with van der Waals surface area (Å²) in [4.78, 5) is 40.5. The largest absolute Gasteiger partial charge is 0.352 e. The first-order valence-corrected chi connectivity index (χ1v) is 12.0. The van der Waals surface area contributed by atoms with E-state index < -0.39 is 6.04 Å². The Morgan fingerprint density at radius 3 is 2.09 bits per heavy atom. The second kappa shape index (κ2) is 11.7. The van der Waals surface area contributed by atoms with Gasteiger partial charge < -0.3 is 20.9 Å². The molecule has 182 valence electrons. The van der Waals surface area contributed by atoms with E-state index >= 15 is 0 Å². The molecule has 1 saturated heterocycles. The summed E-state index contributed by atoms with van der Waals surface area (Å²) < 4.78 is 0. The molecule has 0 spiro atoms. The number of hydrogen-bond donors (Lipinski definition) is 3. The Morgan fingerprint density at radius 1 is 0.882 bits per heavy atom. The average molecular weight is 465 g/mol. The minimum Gasteiger partial charge on any atom is -0.352 e. The van der Waals surface area contributed by atoms with Crippen LogP contribution in [0.2, 0.25) is 0 Å². The molecule has 0 aliphatic carbocycles. The van der Waals surface area contributed by atoms with E-state index in [0.717, 1.165) is 11.3 Å². The maximum Gasteiger partial charge on any atom is 0.321 e. The molecule has 1 aliphatic rings. The van der Waals surface area contributed by atoms with Crippen LogP contribution in [-0.2, 0) is 4.79 Å². The van der Waals surface area contributed by atoms with Crippen LogP contribution in [0.5, 0.6) is 0 Å². The van der Waals surface area contributed by atoms with Gasteiger partial charge in [0, 0.05) is 30.4 Å². The van der Waals surface area contributed by atoms with Gasteiger partial charge >= 0.3 is 6.03 Å². The van der Waals surface area contributed by atoms with Gasteiger partial charge in [0.2, 0.25) is 5.91 Å². The zero-order valence-corrected chi connectivity index (χ0v) is 20.5. The third kappa shape index (κ3) is 6.83. The van der Waals surface area contributed by atoms with Gasteiger partial charge in [-0.1, -0.05) is 49.7 Å². The maximum absolute atomic E-state index is 13.2. The Hall–Kier alpha value is -3.35. The number of piperidine rings is 1. The van der Waals surface area contributed by atoms with E-state index in [9.17, 15) is 14.4 Å². The fourth-order valence-electron chi connectivity index (χ4n) is 3.97. The Bertz CT molecular complexity index is 967. The molecule has 1 fully saturated rings. The summed E-state index contributed by atoms with van der Waals surface area (Å²) in [5.41, 5.74) is 2.41. The Labute approximate surface area is 202 Å². The number of carbonyl (C=O) groups is 3. The lowest BCUT2D eigenvalue weighted by Gasteiger charge is -2.36. The molecule has 0 bridgehead atoms. The zero-order chi connectivity index (χ0) is 24.7. The number of benzene rings is 2. The van der Waals surface area contributed by atoms with E-state index in [4.69, 9.17) is 0 Å². The highest BCUT2D eigenvalue weighted by Gasteiger charge is 2.34. The number of anilines is 1. The normalized spacial score (nSPS) is 16.0. The Balaban J connectivity index is 1.65. The number of aryl methyl sites for hydroxylation is 1. The Kier molecular flexibility index (Phi) is 8.68. The lowest BCUT2D eigenvalue weighted by molar-refractivity contribution is -0.125. The van der Waals surface area contributed by atoms with Crippen molar-refractivity contribution < 1.29 is 14.4 Å². The van der Waals surface area contributed by atoms with Crippen molar-refractivity contribution in [1.29, 1.82) is 0 Å². The zero-order valence-electron chi connectivity index (χ0n) is 20.5. The minimum absolute atomic E-state index is 0.0102. The molecule has 4 amide bonds. The van der Waals surface area contributed by atoms with Crippen molar-refractivity contribution >= 4 is 23.5 Å². The second-order valence-corrected chi connectivity index (χ2v) is 9.48. The van der Waals surface area contributed by atoms with E-state index in [1.807, 2.05) is 58.0 Å². The van der Waals surface area contributed by atoms with Crippen LogP contribution in [0.15, 0.2) is 54.6 Å². The number of nitrogens with one attached hydrogen (secondary N) is 3. The second-order valence-electron chi connectivity index (χ2n) is 9.48. The van der Waals surface area contributed by atoms with Crippen LogP contribution in [0, 0.1) is 18.8 Å². The van der Waals surface area contributed by atoms with Crippen molar-refractivity contribution in [3.63, 3.8) is 0 Å². The summed E-state index contributed by atoms with van der Waals surface area (Å²) in [6.45, 7) is 9.11. The molecule has 0 aromatic heterocycles. The molecular formula is C27H36N4O3. The van der Waals surface area contributed by atoms with Gasteiger partial charge in [0.05, 0.1) is 0 Å². The molecule has 1 aliphatic heterocycles. The van der Waals surface area contributed by atoms with Gasteiger partial charge in [0.15, 0.2) is 0 Å². The van der Waals surface area contributed by atoms with Gasteiger partial charge in [-0.2, -0.15) is 0 Å². The molecule has 1 heterocycles. The summed E-state index contributed by atoms with van der Waals surface area (Å²) >= 11 is 0. The minimum atomic E-state index is -0.656. The molecular weight excluding hydrogens is 428 g/mol. The highest BCUT2D eigenvalue weighted by Crippen LogP contribution is 2.23. The van der Waals surface area contributed by atoms with Crippen molar-refractivity contribution in [2.75, 3.05) is 18.4 Å². The van der Waals surface area contributed by atoms with Crippen LogP contribution < -0.4 is 16.0 Å². The van der Waals surface area contributed by atoms with Crippen molar-refractivity contribution in [1.82, 2.24) is 15.5 Å². The van der Waals surface area contributed by atoms with E-state index in [0.29, 0.717) is 31.5 Å². The fraction of sp³-hybridized carbons (Fsp3) is 0.444. The van der Waals surface area contributed by atoms with Crippen LogP contribution in [0.25, 0.3) is 0 Å². The number of hydrogen-bond acceptors (Lipinski definition) is 3. The summed E-state index contributed by atoms with van der Waals surface area (Å²) in [6.07, 6.45) is 1.26. The molecule has 0 saturated carbocycles. The first kappa shape index (κ1) is 25.3. The van der Waals surface area contributed by atoms with Gasteiger partial charge in [-0.05, 0) is 62.8 Å². The quantitative estimate of drug-likeness (QED) is 0.574. The molecule has 34 heavy (non-hydrogen) atoms. The smallest absolute Gasteiger partial charge is 0.321 e. The van der Waals surface area contributed by atoms with Crippen molar-refractivity contribution in [3.8, 4) is 0 Å². The number of likely N-dealkylation sites (tertiary alicyclic amines) is 1. The molecule has 3 N–H and O–H groups in total. The fourth-order valence-corrected chi connectivity index (χ4v) is 3.97. The molecule has 2 atom stereocenters. The molecule has 7 heteroatoms. The van der Waals surface area contributed by atoms with Gasteiger partial charge in [-0.15, -0.1) is 0 Å². The standard InChI is InChI=1S/C27H36N4O3/c1-18(2)20(4)28-26(33)24(30-25(32)22-8-6-5-7-9-22)21-14-16-31(17-15-21)27(34)29-23-12-10-19(3)11-13-23/h5-13,18,20-21,24H,14-17H2,1-4H3,(H,28,33)(H,29,34)(H,30,32)/t20-,24+/m1/s1. The van der Waals surface area contributed by atoms with E-state index in [2.05, 4.69) is 16.0 Å². The van der Waals surface area contributed by atoms with E-state index in [-0.39, 0.29) is 35.7 Å². The molecule has 2 aromatic rings. The summed E-state index contributed by atoms with van der Waals surface area (Å²) in [7, 11) is 0. The van der Waals surface area contributed by atoms with Crippen molar-refractivity contribution in [3.05, 3.63) is 65.7 Å². The van der Waals surface area contributed by atoms with Gasteiger partial charge in [-0.25, -0.2) is 4.79 Å². The Morgan fingerprint density at radius 2 is 1.50 bits per heavy atom. The van der Waals surface area contributed by atoms with Crippen LogP contribution in [0.4, 0.5) is 10.5 Å². The molecule has 2 aromatic carbocycles. The lowest BCUT2D eigenvalue weighted by atomic mass is 9.88. The maximum atomic E-state index is 13.2. The predicted molar refractivity (Wildman–Crippen MR) is 135 cm³/mol. The van der Waals surface area contributed by atoms with Gasteiger partial charge in [-0.3, -0.25) is 9.59 Å². The van der Waals surface area contributed by atoms with Gasteiger partial charge in [0.1, 0.15) is 6.04 Å². The van der Waals surface area contributed by atoms with Crippen LogP contribution in [-0.4, -0.2) is 47.9 Å². The van der Waals surface area contributed by atoms with E-state index in [1.165, 1.54) is 0 Å². The van der Waals surface area contributed by atoms with Crippen LogP contribution in [0.3, 0.4) is 0 Å². The summed E-state index contributed by atoms with van der Waals surface area (Å²) in [5, 5.41) is 8.96. The first-order chi connectivity index (χ1) is 16.2. The monoisotopic (exact) mass is 464 g/mol. The van der Waals surface area contributed by atoms with Gasteiger partial charge in [0.25, 0.3) is 5.91 Å². The number of nitrogens with zero attached hydrogens (tertiary/aromatic N) is 1. The molecule has 0 unspecified atom stereocenters. The first-order valence-electron chi connectivity index (χ1n) is 12.0. The molecule has 3 rings (SSSR count). The SMILES string of the molecule is Cc1ccc(NC(=O)N2CCC([C@H](NC(=O)c3ccccc3)C(=O)N[C@H](C)C(C)C)CC2)cc1. The number of rotatable bonds is 7. The molecule has 0 radical (unpaired) electrons. The summed E-state index contributed by atoms with van der Waals surface area (Å²) in [5.74, 6) is -0.220. The number of carbonyl (C=O) groups excluding carboxylic acids is 3. The third-order valence-corrected chi connectivity index (χ3v) is 6.58. The molecule has 7 nitrogen and oxygen atoms in total. The average Bonchev–Trinajstić information content (AvgIpc) is 2.84. The van der Waals surface area contributed by atoms with Crippen molar-refractivity contribution in [2.45, 2.75) is 52.6 Å². The van der Waals surface area contributed by atoms with Crippen molar-refractivity contribution in [2.24, 2.45) is 11.8 Å². The summed E-state index contributed by atoms with van der Waals surface area (Å²) in [6, 6.07) is 15.8.